The first-order valence-electron chi connectivity index (χ1n) is 2.46. The van der Waals surface area contributed by atoms with Crippen LogP contribution in [0.15, 0.2) is 0 Å². The Bertz CT molecular complexity index is 92.2. The van der Waals surface area contributed by atoms with Crippen LogP contribution < -0.4 is 0 Å². The first kappa shape index (κ1) is 12.4. The fourth-order valence-electron chi connectivity index (χ4n) is 0.206. The molecule has 0 fully saturated rings. The van der Waals surface area contributed by atoms with Crippen LogP contribution in [0.5, 0.6) is 0 Å². The van der Waals surface area contributed by atoms with Crippen molar-refractivity contribution < 1.29 is 15.0 Å². The van der Waals surface area contributed by atoms with E-state index in [0.29, 0.717) is 0 Å². The normalized spacial score (nSPS) is 15.4. The van der Waals surface area contributed by atoms with E-state index in [-0.39, 0.29) is 37.7 Å². The van der Waals surface area contributed by atoms with Gasteiger partial charge in [-0.15, -0.1) is 0 Å². The summed E-state index contributed by atoms with van der Waals surface area (Å²) in [5.41, 5.74) is 0. The molecule has 2 atom stereocenters. The van der Waals surface area contributed by atoms with Gasteiger partial charge in [0.15, 0.2) is 0 Å². The van der Waals surface area contributed by atoms with Crippen LogP contribution in [-0.2, 0) is 4.79 Å². The minimum absolute atomic E-state index is 0. The van der Waals surface area contributed by atoms with Gasteiger partial charge in [0.25, 0.3) is 0 Å². The van der Waals surface area contributed by atoms with Crippen molar-refractivity contribution in [2.75, 3.05) is 0 Å². The molecule has 2 N–H and O–H groups in total. The van der Waals surface area contributed by atoms with E-state index < -0.39 is 18.0 Å². The van der Waals surface area contributed by atoms with Crippen LogP contribution in [0.1, 0.15) is 13.8 Å². The Kier molecular flexibility index (Phi) is 7.52. The van der Waals surface area contributed by atoms with Gasteiger partial charge in [-0.3, -0.25) is 4.79 Å². The molecule has 52 valence electrons. The second-order valence-corrected chi connectivity index (χ2v) is 1.87. The summed E-state index contributed by atoms with van der Waals surface area (Å²) in [4.78, 5) is 9.98. The molecule has 9 heavy (non-hydrogen) atoms. The molecule has 0 spiro atoms. The molecule has 0 rings (SSSR count). The van der Waals surface area contributed by atoms with Gasteiger partial charge in [0.2, 0.25) is 0 Å². The Morgan fingerprint density at radius 3 is 1.78 bits per heavy atom. The fraction of sp³-hybridized carbons (Fsp3) is 0.800. The standard InChI is InChI=1S/C5H10O3.Ca.2H/c1-3(4(2)6)5(7)8;;;/h3-4,6H,1-2H3,(H,7,8);;;. The molecule has 3 nitrogen and oxygen atoms in total. The number of aliphatic carboxylic acids is 1. The van der Waals surface area contributed by atoms with Crippen LogP contribution in [0.3, 0.4) is 0 Å². The van der Waals surface area contributed by atoms with E-state index in [1.54, 1.807) is 0 Å². The third kappa shape index (κ3) is 5.15. The van der Waals surface area contributed by atoms with Crippen molar-refractivity contribution in [2.45, 2.75) is 20.0 Å². The third-order valence-electron chi connectivity index (χ3n) is 1.11. The van der Waals surface area contributed by atoms with Gasteiger partial charge in [-0.25, -0.2) is 0 Å². The third-order valence-corrected chi connectivity index (χ3v) is 1.11. The van der Waals surface area contributed by atoms with Gasteiger partial charge in [-0.05, 0) is 13.8 Å². The topological polar surface area (TPSA) is 57.5 Å². The summed E-state index contributed by atoms with van der Waals surface area (Å²) in [7, 11) is 0. The maximum atomic E-state index is 9.98. The first-order chi connectivity index (χ1) is 3.55. The van der Waals surface area contributed by atoms with Crippen molar-refractivity contribution in [3.63, 3.8) is 0 Å². The number of carboxylic acids is 1. The SMILES string of the molecule is CC(O)C(C)C(=O)O.[CaH2]. The molecule has 0 bridgehead atoms. The zero-order valence-electron chi connectivity index (χ0n) is 4.96. The monoisotopic (exact) mass is 160 g/mol. The summed E-state index contributed by atoms with van der Waals surface area (Å²) in [6, 6.07) is 0. The van der Waals surface area contributed by atoms with Crippen LogP contribution in [-0.4, -0.2) is 60.0 Å². The van der Waals surface area contributed by atoms with E-state index in [1.165, 1.54) is 13.8 Å². The molecule has 0 saturated carbocycles. The maximum absolute atomic E-state index is 9.98. The number of carbonyl (C=O) groups is 1. The van der Waals surface area contributed by atoms with Gasteiger partial charge >= 0.3 is 43.7 Å². The number of hydrogen-bond acceptors (Lipinski definition) is 2. The molecule has 0 saturated heterocycles. The van der Waals surface area contributed by atoms with Gasteiger partial charge in [-0.1, -0.05) is 0 Å². The molecule has 0 heterocycles. The number of hydrogen-bond donors (Lipinski definition) is 2. The van der Waals surface area contributed by atoms with Crippen molar-refractivity contribution in [1.29, 1.82) is 0 Å². The van der Waals surface area contributed by atoms with Crippen LogP contribution in [0.4, 0.5) is 0 Å². The number of aliphatic hydroxyl groups excluding tert-OH is 1. The summed E-state index contributed by atoms with van der Waals surface area (Å²) in [6.07, 6.45) is -0.757. The van der Waals surface area contributed by atoms with Crippen LogP contribution >= 0.6 is 0 Å². The Labute approximate surface area is 84.1 Å². The van der Waals surface area contributed by atoms with Crippen molar-refractivity contribution >= 4 is 43.7 Å². The summed E-state index contributed by atoms with van der Waals surface area (Å²) in [5, 5.41) is 16.8. The molecular formula is C5H12CaO3. The second kappa shape index (κ2) is 5.47. The van der Waals surface area contributed by atoms with E-state index in [2.05, 4.69) is 0 Å². The summed E-state index contributed by atoms with van der Waals surface area (Å²) >= 11 is 0. The second-order valence-electron chi connectivity index (χ2n) is 1.87. The van der Waals surface area contributed by atoms with Gasteiger partial charge in [0.05, 0.1) is 12.0 Å². The molecular weight excluding hydrogens is 148 g/mol. The Balaban J connectivity index is 0. The fourth-order valence-corrected chi connectivity index (χ4v) is 0.206. The van der Waals surface area contributed by atoms with E-state index in [4.69, 9.17) is 10.2 Å². The van der Waals surface area contributed by atoms with E-state index in [1.807, 2.05) is 0 Å². The number of rotatable bonds is 2. The van der Waals surface area contributed by atoms with Gasteiger partial charge in [0.1, 0.15) is 0 Å². The summed E-state index contributed by atoms with van der Waals surface area (Å²) in [5.74, 6) is -1.62. The first-order valence-corrected chi connectivity index (χ1v) is 2.46. The molecule has 0 aromatic carbocycles. The Morgan fingerprint density at radius 2 is 1.78 bits per heavy atom. The van der Waals surface area contributed by atoms with Gasteiger partial charge < -0.3 is 10.2 Å². The summed E-state index contributed by atoms with van der Waals surface area (Å²) in [6.45, 7) is 2.92. The minimum atomic E-state index is -0.958. The Morgan fingerprint density at radius 1 is 1.44 bits per heavy atom. The molecule has 4 heteroatoms. The average Bonchev–Trinajstić information content (AvgIpc) is 1.64. The van der Waals surface area contributed by atoms with Crippen LogP contribution in [0.25, 0.3) is 0 Å². The molecule has 0 amide bonds. The van der Waals surface area contributed by atoms with Crippen LogP contribution in [0, 0.1) is 5.92 Å². The van der Waals surface area contributed by atoms with Crippen molar-refractivity contribution in [3.05, 3.63) is 0 Å². The molecule has 0 radical (unpaired) electrons. The molecule has 0 aliphatic rings. The predicted octanol–water partition coefficient (Wildman–Crippen LogP) is -0.828. The van der Waals surface area contributed by atoms with Gasteiger partial charge in [0, 0.05) is 0 Å². The van der Waals surface area contributed by atoms with E-state index in [0.717, 1.165) is 0 Å². The molecule has 2 unspecified atom stereocenters. The quantitative estimate of drug-likeness (QED) is 0.518. The van der Waals surface area contributed by atoms with E-state index in [9.17, 15) is 4.79 Å². The van der Waals surface area contributed by atoms with Gasteiger partial charge in [-0.2, -0.15) is 0 Å². The molecule has 0 aromatic heterocycles. The average molecular weight is 160 g/mol. The number of aliphatic hydroxyl groups is 1. The zero-order valence-corrected chi connectivity index (χ0v) is 4.96. The molecule has 0 aliphatic heterocycles. The van der Waals surface area contributed by atoms with Crippen molar-refractivity contribution in [3.8, 4) is 0 Å². The Hall–Kier alpha value is 0.690. The molecule has 0 aliphatic carbocycles. The predicted molar refractivity (Wildman–Crippen MR) is 37.0 cm³/mol. The van der Waals surface area contributed by atoms with Crippen molar-refractivity contribution in [1.82, 2.24) is 0 Å². The number of carboxylic acid groups (broad SMARTS) is 1. The summed E-state index contributed by atoms with van der Waals surface area (Å²) < 4.78 is 0. The van der Waals surface area contributed by atoms with Crippen molar-refractivity contribution in [2.24, 2.45) is 5.92 Å². The van der Waals surface area contributed by atoms with E-state index >= 15 is 0 Å². The molecule has 0 aromatic rings. The zero-order chi connectivity index (χ0) is 6.73. The van der Waals surface area contributed by atoms with Crippen LogP contribution in [0.2, 0.25) is 0 Å².